The minimum Gasteiger partial charge on any atom is -0.481 e. The predicted molar refractivity (Wildman–Crippen MR) is 76.0 cm³/mol. The van der Waals surface area contributed by atoms with Gasteiger partial charge in [0.15, 0.2) is 6.10 Å². The molecular weight excluding hydrogens is 240 g/mol. The van der Waals surface area contributed by atoms with E-state index in [1.165, 1.54) is 0 Å². The number of rotatable bonds is 4. The van der Waals surface area contributed by atoms with E-state index in [0.29, 0.717) is 17.1 Å². The highest BCUT2D eigenvalue weighted by atomic mass is 16.5. The SMILES string of the molecule is C[C@@H](Oc1ccccc1)C(=O)Nc1ccc(N)cc1. The summed E-state index contributed by atoms with van der Waals surface area (Å²) in [4.78, 5) is 11.9. The van der Waals surface area contributed by atoms with Crippen molar-refractivity contribution in [3.63, 3.8) is 0 Å². The summed E-state index contributed by atoms with van der Waals surface area (Å²) in [6.07, 6.45) is -0.569. The van der Waals surface area contributed by atoms with Crippen molar-refractivity contribution in [3.05, 3.63) is 54.6 Å². The first-order valence-corrected chi connectivity index (χ1v) is 6.03. The molecule has 0 saturated carbocycles. The van der Waals surface area contributed by atoms with Gasteiger partial charge in [-0.3, -0.25) is 4.79 Å². The van der Waals surface area contributed by atoms with Crippen LogP contribution in [0.5, 0.6) is 5.75 Å². The average Bonchev–Trinajstić information content (AvgIpc) is 2.42. The molecule has 0 aliphatic carbocycles. The summed E-state index contributed by atoms with van der Waals surface area (Å²) in [7, 11) is 0. The lowest BCUT2D eigenvalue weighted by Crippen LogP contribution is -2.30. The average molecular weight is 256 g/mol. The van der Waals surface area contributed by atoms with Gasteiger partial charge >= 0.3 is 0 Å². The van der Waals surface area contributed by atoms with Crippen molar-refractivity contribution in [2.24, 2.45) is 0 Å². The zero-order chi connectivity index (χ0) is 13.7. The Morgan fingerprint density at radius 2 is 1.74 bits per heavy atom. The molecule has 0 aliphatic heterocycles. The number of amides is 1. The first-order valence-electron chi connectivity index (χ1n) is 6.03. The number of anilines is 2. The molecule has 0 saturated heterocycles. The van der Waals surface area contributed by atoms with Crippen molar-refractivity contribution in [3.8, 4) is 5.75 Å². The van der Waals surface area contributed by atoms with Gasteiger partial charge in [0.2, 0.25) is 0 Å². The lowest BCUT2D eigenvalue weighted by molar-refractivity contribution is -0.122. The van der Waals surface area contributed by atoms with Crippen molar-refractivity contribution in [1.82, 2.24) is 0 Å². The van der Waals surface area contributed by atoms with Gasteiger partial charge in [-0.1, -0.05) is 18.2 Å². The van der Waals surface area contributed by atoms with Crippen LogP contribution in [0, 0.1) is 0 Å². The van der Waals surface area contributed by atoms with Gasteiger partial charge < -0.3 is 15.8 Å². The summed E-state index contributed by atoms with van der Waals surface area (Å²) in [5, 5.41) is 2.77. The molecule has 0 spiro atoms. The van der Waals surface area contributed by atoms with Crippen molar-refractivity contribution < 1.29 is 9.53 Å². The van der Waals surface area contributed by atoms with Gasteiger partial charge in [0, 0.05) is 11.4 Å². The third kappa shape index (κ3) is 3.74. The fourth-order valence-corrected chi connectivity index (χ4v) is 1.57. The van der Waals surface area contributed by atoms with Crippen LogP contribution in [0.15, 0.2) is 54.6 Å². The summed E-state index contributed by atoms with van der Waals surface area (Å²) in [6.45, 7) is 1.71. The van der Waals surface area contributed by atoms with Crippen molar-refractivity contribution in [2.45, 2.75) is 13.0 Å². The number of carbonyl (C=O) groups excluding carboxylic acids is 1. The Labute approximate surface area is 112 Å². The molecule has 1 amide bonds. The van der Waals surface area contributed by atoms with Gasteiger partial charge in [0.1, 0.15) is 5.75 Å². The van der Waals surface area contributed by atoms with Crippen LogP contribution in [0.2, 0.25) is 0 Å². The highest BCUT2D eigenvalue weighted by molar-refractivity contribution is 5.94. The second-order valence-corrected chi connectivity index (χ2v) is 4.18. The molecule has 0 aromatic heterocycles. The lowest BCUT2D eigenvalue weighted by atomic mass is 10.2. The van der Waals surface area contributed by atoms with Crippen LogP contribution in [0.25, 0.3) is 0 Å². The van der Waals surface area contributed by atoms with E-state index in [9.17, 15) is 4.79 Å². The molecule has 4 nitrogen and oxygen atoms in total. The number of para-hydroxylation sites is 1. The van der Waals surface area contributed by atoms with Gasteiger partial charge in [-0.15, -0.1) is 0 Å². The Bertz CT molecular complexity index is 538. The number of nitrogen functional groups attached to an aromatic ring is 1. The summed E-state index contributed by atoms with van der Waals surface area (Å²) in [5.74, 6) is 0.469. The van der Waals surface area contributed by atoms with Crippen LogP contribution in [0.3, 0.4) is 0 Å². The van der Waals surface area contributed by atoms with Gasteiger partial charge in [-0.25, -0.2) is 0 Å². The molecule has 0 unspecified atom stereocenters. The number of ether oxygens (including phenoxy) is 1. The fraction of sp³-hybridized carbons (Fsp3) is 0.133. The van der Waals surface area contributed by atoms with Gasteiger partial charge in [0.25, 0.3) is 5.91 Å². The van der Waals surface area contributed by atoms with E-state index < -0.39 is 6.10 Å². The minimum atomic E-state index is -0.569. The Hall–Kier alpha value is -2.49. The van der Waals surface area contributed by atoms with E-state index in [-0.39, 0.29) is 5.91 Å². The van der Waals surface area contributed by atoms with Crippen LogP contribution in [0.1, 0.15) is 6.92 Å². The number of hydrogen-bond donors (Lipinski definition) is 2. The molecule has 0 aliphatic rings. The molecule has 2 aromatic carbocycles. The largest absolute Gasteiger partial charge is 0.481 e. The fourth-order valence-electron chi connectivity index (χ4n) is 1.57. The third-order valence-corrected chi connectivity index (χ3v) is 2.60. The van der Waals surface area contributed by atoms with E-state index in [1.807, 2.05) is 30.3 Å². The molecule has 0 heterocycles. The first-order chi connectivity index (χ1) is 9.15. The summed E-state index contributed by atoms with van der Waals surface area (Å²) >= 11 is 0. The van der Waals surface area contributed by atoms with Crippen molar-refractivity contribution >= 4 is 17.3 Å². The Morgan fingerprint density at radius 1 is 1.11 bits per heavy atom. The summed E-state index contributed by atoms with van der Waals surface area (Å²) in [6, 6.07) is 16.2. The van der Waals surface area contributed by atoms with E-state index >= 15 is 0 Å². The van der Waals surface area contributed by atoms with Crippen LogP contribution in [0.4, 0.5) is 11.4 Å². The maximum atomic E-state index is 11.9. The Kier molecular flexibility index (Phi) is 4.03. The number of nitrogens with two attached hydrogens (primary N) is 1. The van der Waals surface area contributed by atoms with E-state index in [4.69, 9.17) is 10.5 Å². The highest BCUT2D eigenvalue weighted by Gasteiger charge is 2.14. The second-order valence-electron chi connectivity index (χ2n) is 4.18. The number of nitrogens with one attached hydrogen (secondary N) is 1. The van der Waals surface area contributed by atoms with E-state index in [1.54, 1.807) is 31.2 Å². The molecule has 0 radical (unpaired) electrons. The van der Waals surface area contributed by atoms with Crippen molar-refractivity contribution in [1.29, 1.82) is 0 Å². The minimum absolute atomic E-state index is 0.200. The smallest absolute Gasteiger partial charge is 0.265 e. The molecule has 0 fully saturated rings. The first kappa shape index (κ1) is 13.0. The van der Waals surface area contributed by atoms with Crippen LogP contribution >= 0.6 is 0 Å². The topological polar surface area (TPSA) is 64.3 Å². The van der Waals surface area contributed by atoms with Crippen LogP contribution in [-0.4, -0.2) is 12.0 Å². The molecule has 1 atom stereocenters. The summed E-state index contributed by atoms with van der Waals surface area (Å²) < 4.78 is 5.54. The number of benzene rings is 2. The third-order valence-electron chi connectivity index (χ3n) is 2.60. The summed E-state index contributed by atoms with van der Waals surface area (Å²) in [5.41, 5.74) is 6.94. The van der Waals surface area contributed by atoms with Crippen LogP contribution < -0.4 is 15.8 Å². The van der Waals surface area contributed by atoms with E-state index in [2.05, 4.69) is 5.32 Å². The lowest BCUT2D eigenvalue weighted by Gasteiger charge is -2.14. The van der Waals surface area contributed by atoms with Crippen molar-refractivity contribution in [2.75, 3.05) is 11.1 Å². The van der Waals surface area contributed by atoms with Gasteiger partial charge in [-0.2, -0.15) is 0 Å². The maximum Gasteiger partial charge on any atom is 0.265 e. The highest BCUT2D eigenvalue weighted by Crippen LogP contribution is 2.14. The second kappa shape index (κ2) is 5.91. The number of hydrogen-bond acceptors (Lipinski definition) is 3. The number of carbonyl (C=O) groups is 1. The Morgan fingerprint density at radius 3 is 2.37 bits per heavy atom. The normalized spacial score (nSPS) is 11.6. The molecule has 19 heavy (non-hydrogen) atoms. The predicted octanol–water partition coefficient (Wildman–Crippen LogP) is 2.67. The van der Waals surface area contributed by atoms with Gasteiger partial charge in [-0.05, 0) is 43.3 Å². The molecule has 2 rings (SSSR count). The van der Waals surface area contributed by atoms with E-state index in [0.717, 1.165) is 0 Å². The molecule has 2 aromatic rings. The quantitative estimate of drug-likeness (QED) is 0.827. The standard InChI is InChI=1S/C15H16N2O2/c1-11(19-14-5-3-2-4-6-14)15(18)17-13-9-7-12(16)8-10-13/h2-11H,16H2,1H3,(H,17,18)/t11-/m1/s1. The van der Waals surface area contributed by atoms with Crippen LogP contribution in [-0.2, 0) is 4.79 Å². The zero-order valence-electron chi connectivity index (χ0n) is 10.7. The molecule has 0 bridgehead atoms. The van der Waals surface area contributed by atoms with Gasteiger partial charge in [0.05, 0.1) is 0 Å². The molecule has 4 heteroatoms. The zero-order valence-corrected chi connectivity index (χ0v) is 10.7. The Balaban J connectivity index is 1.94. The monoisotopic (exact) mass is 256 g/mol. The molecule has 98 valence electrons. The molecule has 3 N–H and O–H groups in total. The maximum absolute atomic E-state index is 11.9. The molecular formula is C15H16N2O2.